The zero-order valence-electron chi connectivity index (χ0n) is 12.7. The first-order valence-electron chi connectivity index (χ1n) is 6.75. The van der Waals surface area contributed by atoms with Crippen molar-refractivity contribution in [2.45, 2.75) is 58.7 Å². The molecule has 0 atom stereocenters. The second-order valence-electron chi connectivity index (χ2n) is 6.49. The Morgan fingerprint density at radius 2 is 1.68 bits per heavy atom. The summed E-state index contributed by atoms with van der Waals surface area (Å²) in [5.74, 6) is 0.301. The average Bonchev–Trinajstić information content (AvgIpc) is 2.47. The molecule has 1 saturated heterocycles. The molecule has 1 aliphatic rings. The van der Waals surface area contributed by atoms with Crippen molar-refractivity contribution in [3.05, 3.63) is 18.0 Å². The maximum atomic E-state index is 6.08. The minimum atomic E-state index is -0.404. The van der Waals surface area contributed by atoms with Crippen LogP contribution in [0.4, 0.5) is 5.69 Å². The number of hydrogen-bond acceptors (Lipinski definition) is 4. The van der Waals surface area contributed by atoms with E-state index in [2.05, 4.69) is 18.8 Å². The number of nitrogen functional groups attached to an aromatic ring is 1. The molecule has 2 N–H and O–H groups in total. The van der Waals surface area contributed by atoms with Crippen LogP contribution in [0.15, 0.2) is 12.3 Å². The molecule has 5 heteroatoms. The lowest BCUT2D eigenvalue weighted by molar-refractivity contribution is 0.00578. The Labute approximate surface area is 115 Å². The van der Waals surface area contributed by atoms with Crippen molar-refractivity contribution in [2.24, 2.45) is 0 Å². The number of nitrogens with two attached hydrogens (primary N) is 1. The highest BCUT2D eigenvalue weighted by Crippen LogP contribution is 2.37. The van der Waals surface area contributed by atoms with Crippen molar-refractivity contribution in [1.29, 1.82) is 0 Å². The summed E-state index contributed by atoms with van der Waals surface area (Å²) >= 11 is 0. The molecule has 0 unspecified atom stereocenters. The number of hydrogen-bond donors (Lipinski definition) is 1. The second-order valence-corrected chi connectivity index (χ2v) is 6.49. The topological polar surface area (TPSA) is 57.4 Å². The van der Waals surface area contributed by atoms with E-state index in [9.17, 15) is 0 Å². The third kappa shape index (κ3) is 2.49. The molecule has 104 valence electrons. The van der Waals surface area contributed by atoms with Crippen LogP contribution in [0.1, 0.15) is 53.2 Å². The molecule has 0 aromatic carbocycles. The summed E-state index contributed by atoms with van der Waals surface area (Å²) < 4.78 is 12.2. The Bertz CT molecular complexity index is 470. The molecular formula is C14H23BN2O2. The van der Waals surface area contributed by atoms with Crippen LogP contribution in [-0.2, 0) is 9.31 Å². The lowest BCUT2D eigenvalue weighted by atomic mass is 9.75. The van der Waals surface area contributed by atoms with Crippen molar-refractivity contribution in [2.75, 3.05) is 5.73 Å². The van der Waals surface area contributed by atoms with Crippen LogP contribution in [0.3, 0.4) is 0 Å². The van der Waals surface area contributed by atoms with E-state index >= 15 is 0 Å². The molecule has 4 nitrogen and oxygen atoms in total. The van der Waals surface area contributed by atoms with E-state index in [0.29, 0.717) is 11.6 Å². The van der Waals surface area contributed by atoms with Crippen LogP contribution in [0, 0.1) is 0 Å². The van der Waals surface area contributed by atoms with Gasteiger partial charge in [0.15, 0.2) is 0 Å². The molecule has 1 aromatic rings. The monoisotopic (exact) mass is 262 g/mol. The van der Waals surface area contributed by atoms with Gasteiger partial charge in [-0.05, 0) is 39.7 Å². The summed E-state index contributed by atoms with van der Waals surface area (Å²) in [6, 6.07) is 1.91. The summed E-state index contributed by atoms with van der Waals surface area (Å²) in [7, 11) is -0.404. The first-order valence-corrected chi connectivity index (χ1v) is 6.75. The predicted octanol–water partition coefficient (Wildman–Crippen LogP) is 2.09. The highest BCUT2D eigenvalue weighted by molar-refractivity contribution is 6.62. The quantitative estimate of drug-likeness (QED) is 0.829. The molecule has 0 saturated carbocycles. The first kappa shape index (κ1) is 14.3. The van der Waals surface area contributed by atoms with Crippen molar-refractivity contribution in [3.63, 3.8) is 0 Å². The fraction of sp³-hybridized carbons (Fsp3) is 0.643. The number of aromatic nitrogens is 1. The van der Waals surface area contributed by atoms with Crippen LogP contribution >= 0.6 is 0 Å². The SMILES string of the molecule is CC(C)c1ncc(N)cc1B1OC(C)(C)C(C)(C)O1. The zero-order valence-corrected chi connectivity index (χ0v) is 12.7. The number of anilines is 1. The van der Waals surface area contributed by atoms with E-state index in [1.807, 2.05) is 33.8 Å². The molecular weight excluding hydrogens is 239 g/mol. The molecule has 1 aromatic heterocycles. The van der Waals surface area contributed by atoms with E-state index in [4.69, 9.17) is 15.0 Å². The van der Waals surface area contributed by atoms with Crippen molar-refractivity contribution < 1.29 is 9.31 Å². The zero-order chi connectivity index (χ0) is 14.4. The molecule has 0 amide bonds. The minimum absolute atomic E-state index is 0.301. The highest BCUT2D eigenvalue weighted by Gasteiger charge is 2.52. The second kappa shape index (κ2) is 4.49. The van der Waals surface area contributed by atoms with Crippen molar-refractivity contribution in [1.82, 2.24) is 4.98 Å². The van der Waals surface area contributed by atoms with Crippen LogP contribution < -0.4 is 11.2 Å². The van der Waals surface area contributed by atoms with Gasteiger partial charge in [0, 0.05) is 16.8 Å². The molecule has 2 heterocycles. The largest absolute Gasteiger partial charge is 0.496 e. The number of rotatable bonds is 2. The lowest BCUT2D eigenvalue weighted by Crippen LogP contribution is -2.41. The van der Waals surface area contributed by atoms with E-state index < -0.39 is 7.12 Å². The van der Waals surface area contributed by atoms with Gasteiger partial charge in [-0.15, -0.1) is 0 Å². The maximum Gasteiger partial charge on any atom is 0.496 e. The molecule has 1 fully saturated rings. The Balaban J connectivity index is 2.41. The van der Waals surface area contributed by atoms with E-state index in [-0.39, 0.29) is 11.2 Å². The molecule has 2 rings (SSSR count). The number of nitrogens with zero attached hydrogens (tertiary/aromatic N) is 1. The molecule has 1 aliphatic heterocycles. The summed E-state index contributed by atoms with van der Waals surface area (Å²) in [6.45, 7) is 12.4. The van der Waals surface area contributed by atoms with E-state index in [0.717, 1.165) is 11.2 Å². The molecule has 19 heavy (non-hydrogen) atoms. The maximum absolute atomic E-state index is 6.08. The average molecular weight is 262 g/mol. The lowest BCUT2D eigenvalue weighted by Gasteiger charge is -2.32. The minimum Gasteiger partial charge on any atom is -0.399 e. The van der Waals surface area contributed by atoms with Crippen LogP contribution in [0.5, 0.6) is 0 Å². The first-order chi connectivity index (χ1) is 8.64. The predicted molar refractivity (Wildman–Crippen MR) is 78.5 cm³/mol. The van der Waals surface area contributed by atoms with Crippen molar-refractivity contribution in [3.8, 4) is 0 Å². The summed E-state index contributed by atoms with van der Waals surface area (Å²) in [5, 5.41) is 0. The van der Waals surface area contributed by atoms with Gasteiger partial charge in [-0.1, -0.05) is 13.8 Å². The van der Waals surface area contributed by atoms with E-state index in [1.165, 1.54) is 0 Å². The van der Waals surface area contributed by atoms with Gasteiger partial charge in [-0.3, -0.25) is 4.98 Å². The Kier molecular flexibility index (Phi) is 3.39. The number of pyridine rings is 1. The molecule has 0 aliphatic carbocycles. The molecule has 0 radical (unpaired) electrons. The van der Waals surface area contributed by atoms with Gasteiger partial charge in [-0.2, -0.15) is 0 Å². The molecule has 0 spiro atoms. The van der Waals surface area contributed by atoms with Crippen LogP contribution in [0.2, 0.25) is 0 Å². The Morgan fingerprint density at radius 3 is 2.16 bits per heavy atom. The fourth-order valence-electron chi connectivity index (χ4n) is 2.15. The smallest absolute Gasteiger partial charge is 0.399 e. The van der Waals surface area contributed by atoms with Gasteiger partial charge >= 0.3 is 7.12 Å². The van der Waals surface area contributed by atoms with Gasteiger partial charge in [0.05, 0.1) is 17.4 Å². The Morgan fingerprint density at radius 1 is 1.16 bits per heavy atom. The standard InChI is InChI=1S/C14H23BN2O2/c1-9(2)12-11(7-10(16)8-17-12)15-18-13(3,4)14(5,6)19-15/h7-9H,16H2,1-6H3. The fourth-order valence-corrected chi connectivity index (χ4v) is 2.15. The molecule has 0 bridgehead atoms. The summed E-state index contributed by atoms with van der Waals surface area (Å²) in [6.07, 6.45) is 1.68. The van der Waals surface area contributed by atoms with Gasteiger partial charge in [0.25, 0.3) is 0 Å². The van der Waals surface area contributed by atoms with E-state index in [1.54, 1.807) is 6.20 Å². The van der Waals surface area contributed by atoms with Gasteiger partial charge in [-0.25, -0.2) is 0 Å². The highest BCUT2D eigenvalue weighted by atomic mass is 16.7. The van der Waals surface area contributed by atoms with Crippen LogP contribution in [-0.4, -0.2) is 23.3 Å². The summed E-state index contributed by atoms with van der Waals surface area (Å²) in [5.41, 5.74) is 7.71. The third-order valence-corrected chi connectivity index (χ3v) is 4.02. The van der Waals surface area contributed by atoms with Crippen LogP contribution in [0.25, 0.3) is 0 Å². The van der Waals surface area contributed by atoms with Crippen molar-refractivity contribution >= 4 is 18.3 Å². The third-order valence-electron chi connectivity index (χ3n) is 4.02. The van der Waals surface area contributed by atoms with Gasteiger partial charge < -0.3 is 15.0 Å². The van der Waals surface area contributed by atoms with Gasteiger partial charge in [0.2, 0.25) is 0 Å². The summed E-state index contributed by atoms with van der Waals surface area (Å²) in [4.78, 5) is 4.43. The normalized spacial score (nSPS) is 21.1. The van der Waals surface area contributed by atoms with Gasteiger partial charge in [0.1, 0.15) is 0 Å². The Hall–Kier alpha value is -1.07.